The molecule has 0 bridgehead atoms. The minimum atomic E-state index is -0.346. The predicted octanol–water partition coefficient (Wildman–Crippen LogP) is 0.311. The molecule has 0 saturated carbocycles. The SMILES string of the molecule is CCN(CC)C(=O)C(N)CCCCN. The molecule has 0 saturated heterocycles. The molecule has 0 radical (unpaired) electrons. The number of carbonyl (C=O) groups excluding carboxylic acids is 1. The molecule has 4 N–H and O–H groups in total. The topological polar surface area (TPSA) is 72.3 Å². The second-order valence-corrected chi connectivity index (χ2v) is 3.40. The van der Waals surface area contributed by atoms with Crippen LogP contribution in [-0.4, -0.2) is 36.5 Å². The zero-order chi connectivity index (χ0) is 11.0. The molecular weight excluding hydrogens is 178 g/mol. The summed E-state index contributed by atoms with van der Waals surface area (Å²) in [4.78, 5) is 13.4. The van der Waals surface area contributed by atoms with Gasteiger partial charge in [0.2, 0.25) is 5.91 Å². The first-order chi connectivity index (χ1) is 6.67. The standard InChI is InChI=1S/C10H23N3O/c1-3-13(4-2)10(14)9(12)7-5-6-8-11/h9H,3-8,11-12H2,1-2H3. The summed E-state index contributed by atoms with van der Waals surface area (Å²) < 4.78 is 0. The number of likely N-dealkylation sites (N-methyl/N-ethyl adjacent to an activating group) is 1. The van der Waals surface area contributed by atoms with Crippen LogP contribution >= 0.6 is 0 Å². The Balaban J connectivity index is 3.84. The first kappa shape index (κ1) is 13.4. The highest BCUT2D eigenvalue weighted by Crippen LogP contribution is 2.02. The van der Waals surface area contributed by atoms with Crippen LogP contribution in [0.15, 0.2) is 0 Å². The molecule has 14 heavy (non-hydrogen) atoms. The van der Waals surface area contributed by atoms with Gasteiger partial charge in [0.25, 0.3) is 0 Å². The van der Waals surface area contributed by atoms with Gasteiger partial charge in [-0.2, -0.15) is 0 Å². The molecule has 1 amide bonds. The molecule has 0 aliphatic rings. The van der Waals surface area contributed by atoms with Crippen molar-refractivity contribution in [2.45, 2.75) is 39.2 Å². The molecule has 0 fully saturated rings. The lowest BCUT2D eigenvalue weighted by molar-refractivity contribution is -0.132. The second-order valence-electron chi connectivity index (χ2n) is 3.40. The summed E-state index contributed by atoms with van der Waals surface area (Å²) in [5.74, 6) is 0.0621. The van der Waals surface area contributed by atoms with E-state index < -0.39 is 0 Å². The molecule has 1 unspecified atom stereocenters. The van der Waals surface area contributed by atoms with E-state index in [9.17, 15) is 4.79 Å². The zero-order valence-corrected chi connectivity index (χ0v) is 9.33. The fourth-order valence-corrected chi connectivity index (χ4v) is 1.40. The van der Waals surface area contributed by atoms with E-state index in [1.807, 2.05) is 13.8 Å². The molecule has 0 aromatic rings. The minimum absolute atomic E-state index is 0.0621. The van der Waals surface area contributed by atoms with Crippen LogP contribution in [0.2, 0.25) is 0 Å². The largest absolute Gasteiger partial charge is 0.342 e. The van der Waals surface area contributed by atoms with E-state index in [2.05, 4.69) is 0 Å². The fraction of sp³-hybridized carbons (Fsp3) is 0.900. The van der Waals surface area contributed by atoms with Crippen LogP contribution in [0, 0.1) is 0 Å². The normalized spacial score (nSPS) is 12.6. The number of rotatable bonds is 7. The third kappa shape index (κ3) is 4.58. The Morgan fingerprint density at radius 3 is 2.29 bits per heavy atom. The van der Waals surface area contributed by atoms with Crippen LogP contribution in [0.3, 0.4) is 0 Å². The molecule has 4 heteroatoms. The molecule has 0 rings (SSSR count). The number of nitrogens with zero attached hydrogens (tertiary/aromatic N) is 1. The van der Waals surface area contributed by atoms with E-state index in [1.54, 1.807) is 4.90 Å². The number of carbonyl (C=O) groups is 1. The van der Waals surface area contributed by atoms with E-state index in [-0.39, 0.29) is 11.9 Å². The van der Waals surface area contributed by atoms with Crippen LogP contribution in [-0.2, 0) is 4.79 Å². The molecule has 0 aliphatic carbocycles. The molecule has 0 aliphatic heterocycles. The van der Waals surface area contributed by atoms with E-state index in [0.717, 1.165) is 32.4 Å². The van der Waals surface area contributed by atoms with E-state index >= 15 is 0 Å². The predicted molar refractivity (Wildman–Crippen MR) is 58.8 cm³/mol. The number of amides is 1. The lowest BCUT2D eigenvalue weighted by atomic mass is 10.1. The van der Waals surface area contributed by atoms with E-state index in [1.165, 1.54) is 0 Å². The molecule has 1 atom stereocenters. The van der Waals surface area contributed by atoms with Crippen LogP contribution < -0.4 is 11.5 Å². The van der Waals surface area contributed by atoms with E-state index in [4.69, 9.17) is 11.5 Å². The molecule has 0 aromatic carbocycles. The van der Waals surface area contributed by atoms with Crippen molar-refractivity contribution in [3.05, 3.63) is 0 Å². The third-order valence-electron chi connectivity index (χ3n) is 2.36. The zero-order valence-electron chi connectivity index (χ0n) is 9.33. The molecule has 84 valence electrons. The van der Waals surface area contributed by atoms with Gasteiger partial charge in [0.15, 0.2) is 0 Å². The van der Waals surface area contributed by atoms with Gasteiger partial charge in [0, 0.05) is 13.1 Å². The summed E-state index contributed by atoms with van der Waals surface area (Å²) in [6.45, 7) is 6.08. The van der Waals surface area contributed by atoms with Gasteiger partial charge >= 0.3 is 0 Å². The first-order valence-corrected chi connectivity index (χ1v) is 5.41. The maximum absolute atomic E-state index is 11.7. The summed E-state index contributed by atoms with van der Waals surface area (Å²) >= 11 is 0. The van der Waals surface area contributed by atoms with Crippen molar-refractivity contribution in [2.24, 2.45) is 11.5 Å². The highest BCUT2D eigenvalue weighted by molar-refractivity contribution is 5.81. The van der Waals surface area contributed by atoms with Gasteiger partial charge < -0.3 is 16.4 Å². The number of nitrogens with two attached hydrogens (primary N) is 2. The van der Waals surface area contributed by atoms with Gasteiger partial charge in [0.1, 0.15) is 0 Å². The third-order valence-corrected chi connectivity index (χ3v) is 2.36. The lowest BCUT2D eigenvalue weighted by Gasteiger charge is -2.22. The van der Waals surface area contributed by atoms with Crippen LogP contribution in [0.25, 0.3) is 0 Å². The summed E-state index contributed by atoms with van der Waals surface area (Å²) in [6.07, 6.45) is 2.62. The summed E-state index contributed by atoms with van der Waals surface area (Å²) in [5.41, 5.74) is 11.1. The van der Waals surface area contributed by atoms with Crippen molar-refractivity contribution >= 4 is 5.91 Å². The maximum atomic E-state index is 11.7. The van der Waals surface area contributed by atoms with E-state index in [0.29, 0.717) is 6.54 Å². The quantitative estimate of drug-likeness (QED) is 0.582. The lowest BCUT2D eigenvalue weighted by Crippen LogP contribution is -2.43. The highest BCUT2D eigenvalue weighted by Gasteiger charge is 2.17. The molecule has 4 nitrogen and oxygen atoms in total. The summed E-state index contributed by atoms with van der Waals surface area (Å²) in [5, 5.41) is 0. The number of unbranched alkanes of at least 4 members (excludes halogenated alkanes) is 1. The molecule has 0 spiro atoms. The second kappa shape index (κ2) is 7.76. The Kier molecular flexibility index (Phi) is 7.42. The number of hydrogen-bond donors (Lipinski definition) is 2. The molecule has 0 aromatic heterocycles. The molecular formula is C10H23N3O. The van der Waals surface area contributed by atoms with Crippen molar-refractivity contribution < 1.29 is 4.79 Å². The Labute approximate surface area is 86.6 Å². The number of hydrogen-bond acceptors (Lipinski definition) is 3. The van der Waals surface area contributed by atoms with Crippen molar-refractivity contribution in [1.82, 2.24) is 4.90 Å². The average Bonchev–Trinajstić information content (AvgIpc) is 2.19. The summed E-state index contributed by atoms with van der Waals surface area (Å²) in [6, 6.07) is -0.346. The van der Waals surface area contributed by atoms with Crippen molar-refractivity contribution in [3.8, 4) is 0 Å². The van der Waals surface area contributed by atoms with Crippen molar-refractivity contribution in [3.63, 3.8) is 0 Å². The van der Waals surface area contributed by atoms with Gasteiger partial charge in [-0.05, 0) is 33.2 Å². The smallest absolute Gasteiger partial charge is 0.239 e. The van der Waals surface area contributed by atoms with Gasteiger partial charge in [0.05, 0.1) is 6.04 Å². The minimum Gasteiger partial charge on any atom is -0.342 e. The van der Waals surface area contributed by atoms with Crippen LogP contribution in [0.1, 0.15) is 33.1 Å². The Morgan fingerprint density at radius 1 is 1.29 bits per heavy atom. The highest BCUT2D eigenvalue weighted by atomic mass is 16.2. The van der Waals surface area contributed by atoms with Crippen LogP contribution in [0.5, 0.6) is 0 Å². The Hall–Kier alpha value is -0.610. The molecule has 0 heterocycles. The monoisotopic (exact) mass is 201 g/mol. The average molecular weight is 201 g/mol. The van der Waals surface area contributed by atoms with Crippen molar-refractivity contribution in [1.29, 1.82) is 0 Å². The van der Waals surface area contributed by atoms with Gasteiger partial charge in [-0.1, -0.05) is 6.42 Å². The van der Waals surface area contributed by atoms with Crippen molar-refractivity contribution in [2.75, 3.05) is 19.6 Å². The van der Waals surface area contributed by atoms with Gasteiger partial charge in [-0.3, -0.25) is 4.79 Å². The first-order valence-electron chi connectivity index (χ1n) is 5.41. The van der Waals surface area contributed by atoms with Gasteiger partial charge in [-0.25, -0.2) is 0 Å². The van der Waals surface area contributed by atoms with Gasteiger partial charge in [-0.15, -0.1) is 0 Å². The maximum Gasteiger partial charge on any atom is 0.239 e. The van der Waals surface area contributed by atoms with Crippen LogP contribution in [0.4, 0.5) is 0 Å². The summed E-state index contributed by atoms with van der Waals surface area (Å²) in [7, 11) is 0. The Bertz CT molecular complexity index is 157. The fourth-order valence-electron chi connectivity index (χ4n) is 1.40. The Morgan fingerprint density at radius 2 is 1.86 bits per heavy atom.